The van der Waals surface area contributed by atoms with Crippen molar-refractivity contribution in [3.05, 3.63) is 9.26 Å². The SMILES string of the molecule is CCOC(=O)c1c(I)c(N)nn1CC. The predicted molar refractivity (Wildman–Crippen MR) is 61.0 cm³/mol. The molecule has 0 aliphatic heterocycles. The Balaban J connectivity index is 3.10. The van der Waals surface area contributed by atoms with Crippen molar-refractivity contribution < 1.29 is 9.53 Å². The van der Waals surface area contributed by atoms with E-state index in [9.17, 15) is 4.79 Å². The minimum absolute atomic E-state index is 0.351. The Morgan fingerprint density at radius 1 is 1.64 bits per heavy atom. The van der Waals surface area contributed by atoms with Crippen LogP contribution in [-0.4, -0.2) is 22.4 Å². The molecule has 0 aliphatic carbocycles. The van der Waals surface area contributed by atoms with Gasteiger partial charge in [0.15, 0.2) is 11.5 Å². The molecule has 0 aromatic carbocycles. The summed E-state index contributed by atoms with van der Waals surface area (Å²) in [7, 11) is 0. The van der Waals surface area contributed by atoms with E-state index in [0.717, 1.165) is 0 Å². The molecule has 0 amide bonds. The Morgan fingerprint density at radius 3 is 2.79 bits per heavy atom. The van der Waals surface area contributed by atoms with Gasteiger partial charge in [0.05, 0.1) is 10.2 Å². The van der Waals surface area contributed by atoms with Gasteiger partial charge in [0.1, 0.15) is 0 Å². The Hall–Kier alpha value is -0.790. The number of halogens is 1. The average Bonchev–Trinajstić information content (AvgIpc) is 2.43. The maximum Gasteiger partial charge on any atom is 0.357 e. The molecule has 1 aromatic heterocycles. The Kier molecular flexibility index (Phi) is 3.73. The van der Waals surface area contributed by atoms with Crippen molar-refractivity contribution in [1.82, 2.24) is 9.78 Å². The maximum atomic E-state index is 11.5. The summed E-state index contributed by atoms with van der Waals surface area (Å²) in [5.41, 5.74) is 6.04. The fourth-order valence-electron chi connectivity index (χ4n) is 1.08. The monoisotopic (exact) mass is 309 g/mol. The van der Waals surface area contributed by atoms with E-state index in [1.54, 1.807) is 11.6 Å². The van der Waals surface area contributed by atoms with E-state index in [0.29, 0.717) is 28.2 Å². The highest BCUT2D eigenvalue weighted by molar-refractivity contribution is 14.1. The van der Waals surface area contributed by atoms with Crippen LogP contribution in [0.1, 0.15) is 24.3 Å². The molecule has 0 saturated carbocycles. The molecule has 0 radical (unpaired) electrons. The van der Waals surface area contributed by atoms with Gasteiger partial charge in [-0.15, -0.1) is 0 Å². The fraction of sp³-hybridized carbons (Fsp3) is 0.500. The zero-order valence-electron chi connectivity index (χ0n) is 8.08. The van der Waals surface area contributed by atoms with Crippen LogP contribution in [0.4, 0.5) is 5.82 Å². The Morgan fingerprint density at radius 2 is 2.29 bits per heavy atom. The van der Waals surface area contributed by atoms with Crippen molar-refractivity contribution in [3.63, 3.8) is 0 Å². The first-order valence-electron chi connectivity index (χ1n) is 4.30. The first-order valence-corrected chi connectivity index (χ1v) is 5.38. The van der Waals surface area contributed by atoms with Gasteiger partial charge >= 0.3 is 5.97 Å². The number of carbonyl (C=O) groups is 1. The lowest BCUT2D eigenvalue weighted by Crippen LogP contribution is -2.13. The summed E-state index contributed by atoms with van der Waals surface area (Å²) in [6.45, 7) is 4.61. The van der Waals surface area contributed by atoms with Gasteiger partial charge in [-0.3, -0.25) is 4.68 Å². The molecule has 0 fully saturated rings. The molecule has 0 atom stereocenters. The number of nitrogen functional groups attached to an aromatic ring is 1. The van der Waals surface area contributed by atoms with Crippen molar-refractivity contribution >= 4 is 34.4 Å². The Bertz CT molecular complexity index is 349. The van der Waals surface area contributed by atoms with Crippen molar-refractivity contribution in [3.8, 4) is 0 Å². The lowest BCUT2D eigenvalue weighted by Gasteiger charge is -2.03. The van der Waals surface area contributed by atoms with E-state index in [1.165, 1.54) is 0 Å². The number of rotatable bonds is 3. The summed E-state index contributed by atoms with van der Waals surface area (Å²) in [4.78, 5) is 11.5. The second-order valence-electron chi connectivity index (χ2n) is 2.58. The number of anilines is 1. The van der Waals surface area contributed by atoms with Gasteiger partial charge in [0.25, 0.3) is 0 Å². The molecule has 0 aliphatic rings. The van der Waals surface area contributed by atoms with Crippen LogP contribution in [0.5, 0.6) is 0 Å². The molecule has 1 rings (SSSR count). The number of hydrogen-bond donors (Lipinski definition) is 1. The first kappa shape index (κ1) is 11.3. The maximum absolute atomic E-state index is 11.5. The molecule has 14 heavy (non-hydrogen) atoms. The molecule has 0 saturated heterocycles. The molecular weight excluding hydrogens is 297 g/mol. The highest BCUT2D eigenvalue weighted by Gasteiger charge is 2.20. The first-order chi connectivity index (χ1) is 6.61. The second kappa shape index (κ2) is 4.63. The third kappa shape index (κ3) is 1.99. The average molecular weight is 309 g/mol. The number of hydrogen-bond acceptors (Lipinski definition) is 4. The molecule has 78 valence electrons. The van der Waals surface area contributed by atoms with Crippen LogP contribution in [0.15, 0.2) is 0 Å². The van der Waals surface area contributed by atoms with Crippen molar-refractivity contribution in [2.75, 3.05) is 12.3 Å². The minimum Gasteiger partial charge on any atom is -0.461 e. The lowest BCUT2D eigenvalue weighted by atomic mass is 10.4. The molecule has 5 nitrogen and oxygen atoms in total. The largest absolute Gasteiger partial charge is 0.461 e. The smallest absolute Gasteiger partial charge is 0.357 e. The van der Waals surface area contributed by atoms with Crippen molar-refractivity contribution in [1.29, 1.82) is 0 Å². The molecule has 1 aromatic rings. The van der Waals surface area contributed by atoms with Crippen LogP contribution in [0.25, 0.3) is 0 Å². The number of esters is 1. The summed E-state index contributed by atoms with van der Waals surface area (Å²) < 4.78 is 7.11. The van der Waals surface area contributed by atoms with E-state index < -0.39 is 0 Å². The standard InChI is InChI=1S/C8H12IN3O2/c1-3-12-6(8(13)14-4-2)5(9)7(10)11-12/h3-4H2,1-2H3,(H2,10,11). The van der Waals surface area contributed by atoms with Gasteiger partial charge in [0, 0.05) is 6.54 Å². The van der Waals surface area contributed by atoms with Gasteiger partial charge in [0.2, 0.25) is 0 Å². The van der Waals surface area contributed by atoms with Crippen LogP contribution in [-0.2, 0) is 11.3 Å². The van der Waals surface area contributed by atoms with Crippen LogP contribution < -0.4 is 5.73 Å². The van der Waals surface area contributed by atoms with Gasteiger partial charge in [-0.05, 0) is 36.4 Å². The summed E-state index contributed by atoms with van der Waals surface area (Å²) in [5.74, 6) is -0.00143. The van der Waals surface area contributed by atoms with E-state index in [4.69, 9.17) is 10.5 Å². The third-order valence-corrected chi connectivity index (χ3v) is 2.75. The summed E-state index contributed by atoms with van der Waals surface area (Å²) in [6.07, 6.45) is 0. The molecular formula is C8H12IN3O2. The molecule has 6 heteroatoms. The van der Waals surface area contributed by atoms with Gasteiger partial charge < -0.3 is 10.5 Å². The summed E-state index contributed by atoms with van der Waals surface area (Å²) in [5, 5.41) is 4.02. The van der Waals surface area contributed by atoms with E-state index in [2.05, 4.69) is 5.10 Å². The van der Waals surface area contributed by atoms with E-state index in [1.807, 2.05) is 29.5 Å². The molecule has 0 bridgehead atoms. The van der Waals surface area contributed by atoms with E-state index >= 15 is 0 Å². The zero-order valence-corrected chi connectivity index (χ0v) is 10.2. The second-order valence-corrected chi connectivity index (χ2v) is 3.66. The summed E-state index contributed by atoms with van der Waals surface area (Å²) in [6, 6.07) is 0. The molecule has 1 heterocycles. The molecule has 0 unspecified atom stereocenters. The zero-order chi connectivity index (χ0) is 10.7. The Labute approximate surface area is 95.7 Å². The van der Waals surface area contributed by atoms with Gasteiger partial charge in [-0.1, -0.05) is 0 Å². The summed E-state index contributed by atoms with van der Waals surface area (Å²) >= 11 is 1.99. The van der Waals surface area contributed by atoms with Crippen molar-refractivity contribution in [2.24, 2.45) is 0 Å². The number of nitrogens with two attached hydrogens (primary N) is 1. The van der Waals surface area contributed by atoms with Crippen LogP contribution in [0.2, 0.25) is 0 Å². The quantitative estimate of drug-likeness (QED) is 0.674. The normalized spacial score (nSPS) is 10.2. The van der Waals surface area contributed by atoms with Crippen molar-refractivity contribution in [2.45, 2.75) is 20.4 Å². The predicted octanol–water partition coefficient (Wildman–Crippen LogP) is 1.27. The lowest BCUT2D eigenvalue weighted by molar-refractivity contribution is 0.0511. The highest BCUT2D eigenvalue weighted by atomic mass is 127. The van der Waals surface area contributed by atoms with Gasteiger partial charge in [-0.2, -0.15) is 5.10 Å². The van der Waals surface area contributed by atoms with Crippen LogP contribution in [0.3, 0.4) is 0 Å². The fourth-order valence-corrected chi connectivity index (χ4v) is 1.69. The molecule has 0 spiro atoms. The topological polar surface area (TPSA) is 70.1 Å². The number of ether oxygens (including phenoxy) is 1. The number of nitrogens with zero attached hydrogens (tertiary/aromatic N) is 2. The highest BCUT2D eigenvalue weighted by Crippen LogP contribution is 2.19. The van der Waals surface area contributed by atoms with Crippen LogP contribution >= 0.6 is 22.6 Å². The number of aryl methyl sites for hydroxylation is 1. The van der Waals surface area contributed by atoms with E-state index in [-0.39, 0.29) is 5.97 Å². The third-order valence-electron chi connectivity index (χ3n) is 1.69. The van der Waals surface area contributed by atoms with Crippen LogP contribution in [0, 0.1) is 3.57 Å². The molecule has 2 N–H and O–H groups in total. The number of carbonyl (C=O) groups excluding carboxylic acids is 1. The van der Waals surface area contributed by atoms with Gasteiger partial charge in [-0.25, -0.2) is 4.79 Å². The number of aromatic nitrogens is 2. The minimum atomic E-state index is -0.372.